The highest BCUT2D eigenvalue weighted by molar-refractivity contribution is 6.02. The molecule has 0 atom stereocenters. The summed E-state index contributed by atoms with van der Waals surface area (Å²) >= 11 is 0. The molecule has 2 rings (SSSR count). The molecule has 1 N–H and O–H groups in total. The van der Waals surface area contributed by atoms with Crippen LogP contribution in [0.25, 0.3) is 0 Å². The van der Waals surface area contributed by atoms with Crippen LogP contribution in [-0.2, 0) is 7.05 Å². The second kappa shape index (κ2) is 4.59. The van der Waals surface area contributed by atoms with Gasteiger partial charge in [-0.3, -0.25) is 4.79 Å². The van der Waals surface area contributed by atoms with Crippen molar-refractivity contribution in [2.24, 2.45) is 12.5 Å². The Hall–Kier alpha value is -1.58. The third-order valence-corrected chi connectivity index (χ3v) is 3.99. The van der Waals surface area contributed by atoms with Crippen LogP contribution in [0.1, 0.15) is 59.9 Å². The Bertz CT molecular complexity index is 481. The molecule has 0 saturated heterocycles. The van der Waals surface area contributed by atoms with Crippen molar-refractivity contribution in [3.8, 4) is 0 Å². The fraction of sp³-hybridized carbons (Fsp3) is 0.571. The van der Waals surface area contributed by atoms with Crippen LogP contribution in [0.15, 0.2) is 12.3 Å². The Labute approximate surface area is 107 Å². The fourth-order valence-electron chi connectivity index (χ4n) is 2.81. The molecular formula is C14H19NO3. The van der Waals surface area contributed by atoms with Gasteiger partial charge >= 0.3 is 5.97 Å². The summed E-state index contributed by atoms with van der Waals surface area (Å²) in [5.74, 6) is -0.907. The number of aryl methyl sites for hydroxylation is 1. The number of Topliss-reactive ketones (excluding diaryl/α,β-unsaturated/α-hetero) is 1. The van der Waals surface area contributed by atoms with Crippen molar-refractivity contribution >= 4 is 11.8 Å². The predicted octanol–water partition coefficient (Wildman–Crippen LogP) is 2.88. The number of ketones is 1. The quantitative estimate of drug-likeness (QED) is 0.838. The third-order valence-electron chi connectivity index (χ3n) is 3.99. The number of hydrogen-bond acceptors (Lipinski definition) is 2. The van der Waals surface area contributed by atoms with Crippen LogP contribution in [-0.4, -0.2) is 21.4 Å². The lowest BCUT2D eigenvalue weighted by Crippen LogP contribution is -2.30. The number of aromatic nitrogens is 1. The Morgan fingerprint density at radius 2 is 1.89 bits per heavy atom. The van der Waals surface area contributed by atoms with Crippen LogP contribution in [0.3, 0.4) is 0 Å². The minimum atomic E-state index is -0.995. The van der Waals surface area contributed by atoms with Gasteiger partial charge in [0.15, 0.2) is 5.78 Å². The number of rotatable bonds is 3. The number of nitrogens with zero attached hydrogens (tertiary/aromatic N) is 1. The van der Waals surface area contributed by atoms with Gasteiger partial charge in [0, 0.05) is 24.2 Å². The van der Waals surface area contributed by atoms with E-state index in [2.05, 4.69) is 0 Å². The topological polar surface area (TPSA) is 59.3 Å². The zero-order valence-corrected chi connectivity index (χ0v) is 10.9. The van der Waals surface area contributed by atoms with E-state index in [1.54, 1.807) is 13.2 Å². The van der Waals surface area contributed by atoms with Gasteiger partial charge in [0.2, 0.25) is 0 Å². The lowest BCUT2D eigenvalue weighted by molar-refractivity contribution is 0.0686. The second-order valence-electron chi connectivity index (χ2n) is 5.48. The monoisotopic (exact) mass is 249 g/mol. The summed E-state index contributed by atoms with van der Waals surface area (Å²) in [6.45, 7) is 2.00. The van der Waals surface area contributed by atoms with Gasteiger partial charge in [-0.1, -0.05) is 26.2 Å². The first-order valence-corrected chi connectivity index (χ1v) is 6.38. The molecule has 0 bridgehead atoms. The standard InChI is InChI=1S/C14H19NO3/c1-14(6-4-3-5-7-14)12(16)10-8-11(13(17)18)15(2)9-10/h8-9H,3-7H2,1-2H3,(H,17,18). The van der Waals surface area contributed by atoms with E-state index in [0.29, 0.717) is 5.56 Å². The van der Waals surface area contributed by atoms with Gasteiger partial charge in [0.05, 0.1) is 0 Å². The van der Waals surface area contributed by atoms with Crippen molar-refractivity contribution in [1.29, 1.82) is 0 Å². The van der Waals surface area contributed by atoms with Crippen LogP contribution in [0.5, 0.6) is 0 Å². The largest absolute Gasteiger partial charge is 0.477 e. The highest BCUT2D eigenvalue weighted by atomic mass is 16.4. The Kier molecular flexibility index (Phi) is 3.28. The molecule has 1 aromatic rings. The molecule has 0 amide bonds. The maximum Gasteiger partial charge on any atom is 0.352 e. The molecule has 18 heavy (non-hydrogen) atoms. The number of hydrogen-bond donors (Lipinski definition) is 1. The molecule has 0 aliphatic heterocycles. The molecule has 4 heteroatoms. The Morgan fingerprint density at radius 1 is 1.28 bits per heavy atom. The first-order valence-electron chi connectivity index (χ1n) is 6.38. The highest BCUT2D eigenvalue weighted by Gasteiger charge is 2.35. The van der Waals surface area contributed by atoms with Gasteiger partial charge in [-0.05, 0) is 18.9 Å². The summed E-state index contributed by atoms with van der Waals surface area (Å²) in [4.78, 5) is 23.5. The maximum atomic E-state index is 12.5. The van der Waals surface area contributed by atoms with Crippen molar-refractivity contribution in [3.63, 3.8) is 0 Å². The maximum absolute atomic E-state index is 12.5. The number of carbonyl (C=O) groups is 2. The zero-order chi connectivity index (χ0) is 13.3. The molecule has 1 aromatic heterocycles. The number of aromatic carboxylic acids is 1. The van der Waals surface area contributed by atoms with Gasteiger partial charge in [-0.2, -0.15) is 0 Å². The van der Waals surface area contributed by atoms with Crippen LogP contribution in [0.2, 0.25) is 0 Å². The summed E-state index contributed by atoms with van der Waals surface area (Å²) in [6, 6.07) is 1.49. The summed E-state index contributed by atoms with van der Waals surface area (Å²) in [5.41, 5.74) is 0.382. The van der Waals surface area contributed by atoms with Crippen molar-refractivity contribution in [2.45, 2.75) is 39.0 Å². The molecule has 1 saturated carbocycles. The van der Waals surface area contributed by atoms with E-state index >= 15 is 0 Å². The Morgan fingerprint density at radius 3 is 2.39 bits per heavy atom. The number of carboxylic acids is 1. The highest BCUT2D eigenvalue weighted by Crippen LogP contribution is 2.38. The van der Waals surface area contributed by atoms with Crippen molar-refractivity contribution < 1.29 is 14.7 Å². The van der Waals surface area contributed by atoms with Gasteiger partial charge < -0.3 is 9.67 Å². The van der Waals surface area contributed by atoms with E-state index < -0.39 is 5.97 Å². The van der Waals surface area contributed by atoms with Crippen LogP contribution < -0.4 is 0 Å². The molecular weight excluding hydrogens is 230 g/mol. The smallest absolute Gasteiger partial charge is 0.352 e. The Balaban J connectivity index is 2.28. The molecule has 0 unspecified atom stereocenters. The summed E-state index contributed by atoms with van der Waals surface area (Å²) < 4.78 is 1.50. The van der Waals surface area contributed by atoms with Crippen LogP contribution in [0.4, 0.5) is 0 Å². The van der Waals surface area contributed by atoms with E-state index in [0.717, 1.165) is 25.7 Å². The molecule has 1 fully saturated rings. The predicted molar refractivity (Wildman–Crippen MR) is 67.9 cm³/mol. The van der Waals surface area contributed by atoms with E-state index in [1.165, 1.54) is 17.1 Å². The average Bonchev–Trinajstić information content (AvgIpc) is 2.71. The first kappa shape index (κ1) is 12.9. The van der Waals surface area contributed by atoms with Gasteiger partial charge in [0.25, 0.3) is 0 Å². The van der Waals surface area contributed by atoms with Crippen molar-refractivity contribution in [1.82, 2.24) is 4.57 Å². The lowest BCUT2D eigenvalue weighted by Gasteiger charge is -2.31. The van der Waals surface area contributed by atoms with E-state index in [-0.39, 0.29) is 16.9 Å². The molecule has 0 spiro atoms. The minimum absolute atomic E-state index is 0.0882. The molecule has 1 aliphatic rings. The molecule has 1 heterocycles. The van der Waals surface area contributed by atoms with Gasteiger partial charge in [-0.25, -0.2) is 4.79 Å². The fourth-order valence-corrected chi connectivity index (χ4v) is 2.81. The molecule has 4 nitrogen and oxygen atoms in total. The number of carboxylic acid groups (broad SMARTS) is 1. The molecule has 0 radical (unpaired) electrons. The summed E-state index contributed by atoms with van der Waals surface area (Å²) in [5, 5.41) is 9.00. The van der Waals surface area contributed by atoms with E-state index in [1.807, 2.05) is 6.92 Å². The zero-order valence-electron chi connectivity index (χ0n) is 10.9. The van der Waals surface area contributed by atoms with E-state index in [4.69, 9.17) is 5.11 Å². The molecule has 1 aliphatic carbocycles. The molecule has 98 valence electrons. The van der Waals surface area contributed by atoms with Gasteiger partial charge in [-0.15, -0.1) is 0 Å². The van der Waals surface area contributed by atoms with Crippen molar-refractivity contribution in [2.75, 3.05) is 0 Å². The average molecular weight is 249 g/mol. The lowest BCUT2D eigenvalue weighted by atomic mass is 9.71. The first-order chi connectivity index (χ1) is 8.44. The number of carbonyl (C=O) groups excluding carboxylic acids is 1. The third kappa shape index (κ3) is 2.19. The van der Waals surface area contributed by atoms with Crippen LogP contribution >= 0.6 is 0 Å². The minimum Gasteiger partial charge on any atom is -0.477 e. The molecule has 0 aromatic carbocycles. The van der Waals surface area contributed by atoms with Gasteiger partial charge in [0.1, 0.15) is 5.69 Å². The SMILES string of the molecule is Cn1cc(C(=O)C2(C)CCCCC2)cc1C(=O)O. The van der Waals surface area contributed by atoms with Crippen LogP contribution in [0, 0.1) is 5.41 Å². The summed E-state index contributed by atoms with van der Waals surface area (Å²) in [7, 11) is 1.66. The summed E-state index contributed by atoms with van der Waals surface area (Å²) in [6.07, 6.45) is 6.80. The normalized spacial score (nSPS) is 18.6. The van der Waals surface area contributed by atoms with E-state index in [9.17, 15) is 9.59 Å². The second-order valence-corrected chi connectivity index (χ2v) is 5.48. The van der Waals surface area contributed by atoms with Crippen molar-refractivity contribution in [3.05, 3.63) is 23.5 Å².